The molecular weight excluding hydrogens is 262 g/mol. The Bertz CT molecular complexity index is 714. The second-order valence-corrected chi connectivity index (χ2v) is 4.51. The predicted octanol–water partition coefficient (Wildman–Crippen LogP) is 0.683. The molecule has 0 radical (unpaired) electrons. The number of carboxylic acid groups (broad SMARTS) is 1. The number of H-pyrrole nitrogens is 1. The summed E-state index contributed by atoms with van der Waals surface area (Å²) in [7, 11) is 0. The quantitative estimate of drug-likeness (QED) is 0.673. The Labute approximate surface area is 114 Å². The Morgan fingerprint density at radius 2 is 2.05 bits per heavy atom. The highest BCUT2D eigenvalue weighted by molar-refractivity contribution is 6.01. The van der Waals surface area contributed by atoms with Crippen LogP contribution in [0.2, 0.25) is 0 Å². The van der Waals surface area contributed by atoms with Crippen molar-refractivity contribution in [2.45, 2.75) is 25.8 Å². The van der Waals surface area contributed by atoms with Crippen LogP contribution < -0.4 is 11.4 Å². The second-order valence-electron chi connectivity index (χ2n) is 4.51. The van der Waals surface area contributed by atoms with Gasteiger partial charge in [-0.1, -0.05) is 6.07 Å². The monoisotopic (exact) mass is 277 g/mol. The van der Waals surface area contributed by atoms with E-state index >= 15 is 0 Å². The van der Waals surface area contributed by atoms with Gasteiger partial charge in [0.2, 0.25) is 5.91 Å². The Morgan fingerprint density at radius 1 is 1.30 bits per heavy atom. The van der Waals surface area contributed by atoms with E-state index in [0.29, 0.717) is 30.4 Å². The maximum Gasteiger partial charge on any atom is 0.337 e. The number of para-hydroxylation sites is 1. The first-order chi connectivity index (χ1) is 9.50. The molecule has 0 aliphatic carbocycles. The molecule has 0 spiro atoms. The number of aryl methyl sites for hydroxylation is 1. The number of rotatable bonds is 6. The fourth-order valence-corrected chi connectivity index (χ4v) is 2.17. The van der Waals surface area contributed by atoms with Gasteiger partial charge >= 0.3 is 11.7 Å². The number of carboxylic acids is 1. The number of aromatic amines is 1. The largest absolute Gasteiger partial charge is 0.478 e. The molecule has 0 atom stereocenters. The number of carbonyl (C=O) groups is 2. The van der Waals surface area contributed by atoms with E-state index < -0.39 is 5.97 Å². The van der Waals surface area contributed by atoms with Gasteiger partial charge < -0.3 is 15.8 Å². The summed E-state index contributed by atoms with van der Waals surface area (Å²) < 4.78 is 1.39. The molecule has 0 aliphatic rings. The van der Waals surface area contributed by atoms with Gasteiger partial charge in [0.05, 0.1) is 16.6 Å². The number of amides is 1. The number of primary amides is 1. The van der Waals surface area contributed by atoms with Crippen molar-refractivity contribution < 1.29 is 14.7 Å². The van der Waals surface area contributed by atoms with Crippen LogP contribution in [0.25, 0.3) is 11.0 Å². The van der Waals surface area contributed by atoms with Gasteiger partial charge in [0.1, 0.15) is 0 Å². The van der Waals surface area contributed by atoms with E-state index in [2.05, 4.69) is 4.98 Å². The molecule has 7 heteroatoms. The van der Waals surface area contributed by atoms with E-state index in [1.165, 1.54) is 10.6 Å². The molecule has 0 aliphatic heterocycles. The highest BCUT2D eigenvalue weighted by atomic mass is 16.4. The number of nitrogens with two attached hydrogens (primary N) is 1. The fourth-order valence-electron chi connectivity index (χ4n) is 2.17. The SMILES string of the molecule is NC(=O)CCCCn1c(=O)[nH]c2cccc(C(=O)O)c21. The van der Waals surface area contributed by atoms with Crippen LogP contribution in [0.5, 0.6) is 0 Å². The molecule has 0 saturated carbocycles. The summed E-state index contributed by atoms with van der Waals surface area (Å²) in [4.78, 5) is 36.3. The number of hydrogen-bond acceptors (Lipinski definition) is 3. The van der Waals surface area contributed by atoms with Gasteiger partial charge in [-0.05, 0) is 25.0 Å². The average molecular weight is 277 g/mol. The number of fused-ring (bicyclic) bond motifs is 1. The van der Waals surface area contributed by atoms with Gasteiger partial charge in [0.25, 0.3) is 0 Å². The maximum atomic E-state index is 11.9. The fraction of sp³-hybridized carbons (Fsp3) is 0.308. The zero-order valence-corrected chi connectivity index (χ0v) is 10.8. The van der Waals surface area contributed by atoms with Crippen LogP contribution in [0.4, 0.5) is 0 Å². The molecule has 0 fully saturated rings. The number of nitrogens with one attached hydrogen (secondary N) is 1. The van der Waals surface area contributed by atoms with Crippen LogP contribution in [0.1, 0.15) is 29.6 Å². The van der Waals surface area contributed by atoms with Crippen LogP contribution in [0.3, 0.4) is 0 Å². The summed E-state index contributed by atoms with van der Waals surface area (Å²) in [5, 5.41) is 9.17. The molecule has 106 valence electrons. The lowest BCUT2D eigenvalue weighted by atomic mass is 10.1. The van der Waals surface area contributed by atoms with Crippen LogP contribution in [-0.2, 0) is 11.3 Å². The highest BCUT2D eigenvalue weighted by Gasteiger charge is 2.15. The Balaban J connectivity index is 2.32. The van der Waals surface area contributed by atoms with Crippen molar-refractivity contribution in [2.24, 2.45) is 5.73 Å². The summed E-state index contributed by atoms with van der Waals surface area (Å²) in [6.45, 7) is 0.344. The van der Waals surface area contributed by atoms with Gasteiger partial charge in [-0.25, -0.2) is 9.59 Å². The summed E-state index contributed by atoms with van der Waals surface area (Å²) in [5.41, 5.74) is 5.64. The first-order valence-electron chi connectivity index (χ1n) is 6.24. The summed E-state index contributed by atoms with van der Waals surface area (Å²) >= 11 is 0. The molecule has 1 aromatic heterocycles. The Hall–Kier alpha value is -2.57. The van der Waals surface area contributed by atoms with E-state index in [4.69, 9.17) is 5.73 Å². The summed E-state index contributed by atoms with van der Waals surface area (Å²) in [6.07, 6.45) is 1.39. The Kier molecular flexibility index (Phi) is 3.88. The lowest BCUT2D eigenvalue weighted by Gasteiger charge is -2.05. The van der Waals surface area contributed by atoms with Crippen molar-refractivity contribution in [1.82, 2.24) is 9.55 Å². The van der Waals surface area contributed by atoms with Gasteiger partial charge in [-0.2, -0.15) is 0 Å². The van der Waals surface area contributed by atoms with Crippen LogP contribution >= 0.6 is 0 Å². The van der Waals surface area contributed by atoms with Crippen LogP contribution in [0, 0.1) is 0 Å². The molecule has 2 aromatic rings. The smallest absolute Gasteiger partial charge is 0.337 e. The number of unbranched alkanes of at least 4 members (excludes halogenated alkanes) is 1. The molecular formula is C13H15N3O4. The van der Waals surface area contributed by atoms with Gasteiger partial charge in [0, 0.05) is 13.0 Å². The number of imidazole rings is 1. The van der Waals surface area contributed by atoms with Gasteiger partial charge in [-0.3, -0.25) is 9.36 Å². The molecule has 0 saturated heterocycles. The van der Waals surface area contributed by atoms with E-state index in [-0.39, 0.29) is 23.6 Å². The number of aromatic nitrogens is 2. The highest BCUT2D eigenvalue weighted by Crippen LogP contribution is 2.16. The van der Waals surface area contributed by atoms with E-state index in [1.54, 1.807) is 12.1 Å². The zero-order chi connectivity index (χ0) is 14.7. The lowest BCUT2D eigenvalue weighted by molar-refractivity contribution is -0.118. The molecule has 1 aromatic carbocycles. The minimum absolute atomic E-state index is 0.0794. The van der Waals surface area contributed by atoms with Crippen molar-refractivity contribution in [3.8, 4) is 0 Å². The first kappa shape index (κ1) is 13.9. The number of aromatic carboxylic acids is 1. The zero-order valence-electron chi connectivity index (χ0n) is 10.8. The minimum atomic E-state index is -1.08. The van der Waals surface area contributed by atoms with Crippen molar-refractivity contribution in [1.29, 1.82) is 0 Å². The third kappa shape index (κ3) is 2.71. The second kappa shape index (κ2) is 5.60. The van der Waals surface area contributed by atoms with Crippen molar-refractivity contribution in [3.63, 3.8) is 0 Å². The van der Waals surface area contributed by atoms with Crippen molar-refractivity contribution >= 4 is 22.9 Å². The van der Waals surface area contributed by atoms with Gasteiger partial charge in [-0.15, -0.1) is 0 Å². The van der Waals surface area contributed by atoms with E-state index in [9.17, 15) is 19.5 Å². The number of benzene rings is 1. The van der Waals surface area contributed by atoms with Crippen LogP contribution in [0.15, 0.2) is 23.0 Å². The predicted molar refractivity (Wildman–Crippen MR) is 72.6 cm³/mol. The molecule has 2 rings (SSSR count). The van der Waals surface area contributed by atoms with E-state index in [0.717, 1.165) is 0 Å². The van der Waals surface area contributed by atoms with Crippen molar-refractivity contribution in [2.75, 3.05) is 0 Å². The van der Waals surface area contributed by atoms with Gasteiger partial charge in [0.15, 0.2) is 0 Å². The maximum absolute atomic E-state index is 11.9. The summed E-state index contributed by atoms with van der Waals surface area (Å²) in [5.74, 6) is -1.47. The topological polar surface area (TPSA) is 118 Å². The standard InChI is InChI=1S/C13H15N3O4/c14-10(17)6-1-2-7-16-11-8(12(18)19)4-3-5-9(11)15-13(16)20/h3-5H,1-2,6-7H2,(H2,14,17)(H,15,20)(H,18,19). The number of carbonyl (C=O) groups excluding carboxylic acids is 1. The van der Waals surface area contributed by atoms with Crippen LogP contribution in [-0.4, -0.2) is 26.5 Å². The number of nitrogens with zero attached hydrogens (tertiary/aromatic N) is 1. The molecule has 0 bridgehead atoms. The summed E-state index contributed by atoms with van der Waals surface area (Å²) in [6, 6.07) is 4.69. The first-order valence-corrected chi connectivity index (χ1v) is 6.24. The Morgan fingerprint density at radius 3 is 2.70 bits per heavy atom. The molecule has 7 nitrogen and oxygen atoms in total. The molecule has 1 amide bonds. The average Bonchev–Trinajstić information content (AvgIpc) is 2.70. The van der Waals surface area contributed by atoms with Crippen molar-refractivity contribution in [3.05, 3.63) is 34.2 Å². The van der Waals surface area contributed by atoms with E-state index in [1.807, 2.05) is 0 Å². The molecule has 1 heterocycles. The molecule has 4 N–H and O–H groups in total. The third-order valence-electron chi connectivity index (χ3n) is 3.08. The lowest BCUT2D eigenvalue weighted by Crippen LogP contribution is -2.18. The minimum Gasteiger partial charge on any atom is -0.478 e. The third-order valence-corrected chi connectivity index (χ3v) is 3.08. The molecule has 0 unspecified atom stereocenters. The normalized spacial score (nSPS) is 10.8. The number of hydrogen-bond donors (Lipinski definition) is 3. The molecule has 20 heavy (non-hydrogen) atoms.